The number of likely N-dealkylation sites (tertiary alicyclic amines) is 1. The molecule has 0 aliphatic carbocycles. The largest absolute Gasteiger partial charge is 0.299 e. The molecule has 1 heterocycles. The summed E-state index contributed by atoms with van der Waals surface area (Å²) in [7, 11) is 0. The second-order valence-corrected chi connectivity index (χ2v) is 4.60. The van der Waals surface area contributed by atoms with Crippen LogP contribution in [0.5, 0.6) is 0 Å². The minimum Gasteiger partial charge on any atom is -0.299 e. The van der Waals surface area contributed by atoms with E-state index in [1.807, 2.05) is 6.08 Å². The number of allylic oxidation sites excluding steroid dienone is 1. The Morgan fingerprint density at radius 2 is 1.85 bits per heavy atom. The lowest BCUT2D eigenvalue weighted by atomic mass is 9.92. The Morgan fingerprint density at radius 3 is 2.38 bits per heavy atom. The third kappa shape index (κ3) is 4.15. The molecule has 0 aromatic rings. The van der Waals surface area contributed by atoms with Gasteiger partial charge in [-0.2, -0.15) is 0 Å². The van der Waals surface area contributed by atoms with Crippen molar-refractivity contribution < 1.29 is 0 Å². The second kappa shape index (κ2) is 5.66. The summed E-state index contributed by atoms with van der Waals surface area (Å²) in [4.78, 5) is 2.52. The van der Waals surface area contributed by atoms with Gasteiger partial charge in [-0.15, -0.1) is 11.6 Å². The van der Waals surface area contributed by atoms with E-state index < -0.39 is 0 Å². The monoisotopic (exact) mass is 201 g/mol. The number of halogens is 1. The Balaban J connectivity index is 2.28. The average molecular weight is 202 g/mol. The molecule has 13 heavy (non-hydrogen) atoms. The maximum atomic E-state index is 5.57. The fourth-order valence-corrected chi connectivity index (χ4v) is 2.35. The summed E-state index contributed by atoms with van der Waals surface area (Å²) in [5, 5.41) is 0. The molecule has 0 amide bonds. The number of hydrogen-bond acceptors (Lipinski definition) is 1. The highest BCUT2D eigenvalue weighted by Crippen LogP contribution is 2.20. The first-order valence-electron chi connectivity index (χ1n) is 5.15. The smallest absolute Gasteiger partial charge is 0.0404 e. The summed E-state index contributed by atoms with van der Waals surface area (Å²) in [6.07, 6.45) is 5.60. The second-order valence-electron chi connectivity index (χ2n) is 4.29. The molecular weight excluding hydrogens is 182 g/mol. The van der Waals surface area contributed by atoms with Crippen molar-refractivity contribution in [2.75, 3.05) is 25.5 Å². The van der Waals surface area contributed by atoms with Gasteiger partial charge in [0.2, 0.25) is 0 Å². The highest BCUT2D eigenvalue weighted by atomic mass is 35.5. The molecule has 0 N–H and O–H groups in total. The minimum absolute atomic E-state index is 0.638. The zero-order valence-electron chi connectivity index (χ0n) is 8.67. The lowest BCUT2D eigenvalue weighted by Gasteiger charge is -2.34. The molecule has 1 aliphatic rings. The third-order valence-corrected chi connectivity index (χ3v) is 2.74. The van der Waals surface area contributed by atoms with E-state index in [2.05, 4.69) is 24.8 Å². The van der Waals surface area contributed by atoms with Crippen molar-refractivity contribution in [3.63, 3.8) is 0 Å². The van der Waals surface area contributed by atoms with Gasteiger partial charge in [-0.05, 0) is 18.3 Å². The SMILES string of the molecule is CC1CC(C)CN(C/C=C/CCl)C1. The number of hydrogen-bond donors (Lipinski definition) is 0. The van der Waals surface area contributed by atoms with Crippen LogP contribution in [-0.2, 0) is 0 Å². The number of piperidine rings is 1. The number of nitrogens with zero attached hydrogens (tertiary/aromatic N) is 1. The Kier molecular flexibility index (Phi) is 4.82. The minimum atomic E-state index is 0.638. The Hall–Kier alpha value is -0.0100. The first-order valence-corrected chi connectivity index (χ1v) is 5.69. The molecule has 0 bridgehead atoms. The van der Waals surface area contributed by atoms with Gasteiger partial charge in [0.25, 0.3) is 0 Å². The fourth-order valence-electron chi connectivity index (χ4n) is 2.23. The predicted molar refractivity (Wildman–Crippen MR) is 59.2 cm³/mol. The van der Waals surface area contributed by atoms with Crippen molar-refractivity contribution in [2.24, 2.45) is 11.8 Å². The highest BCUT2D eigenvalue weighted by molar-refractivity contribution is 6.18. The molecule has 76 valence electrons. The molecule has 0 aromatic heterocycles. The van der Waals surface area contributed by atoms with Crippen LogP contribution >= 0.6 is 11.6 Å². The molecule has 0 radical (unpaired) electrons. The molecule has 2 atom stereocenters. The van der Waals surface area contributed by atoms with Gasteiger partial charge in [-0.3, -0.25) is 4.90 Å². The lowest BCUT2D eigenvalue weighted by molar-refractivity contribution is 0.155. The molecular formula is C11H20ClN. The molecule has 2 unspecified atom stereocenters. The summed E-state index contributed by atoms with van der Waals surface area (Å²) in [5.74, 6) is 2.35. The summed E-state index contributed by atoms with van der Waals surface area (Å²) in [6.45, 7) is 8.25. The van der Waals surface area contributed by atoms with E-state index in [0.717, 1.165) is 18.4 Å². The quantitative estimate of drug-likeness (QED) is 0.502. The van der Waals surface area contributed by atoms with Crippen LogP contribution < -0.4 is 0 Å². The summed E-state index contributed by atoms with van der Waals surface area (Å²) in [6, 6.07) is 0. The van der Waals surface area contributed by atoms with Crippen molar-refractivity contribution >= 4 is 11.6 Å². The van der Waals surface area contributed by atoms with Crippen LogP contribution in [0.4, 0.5) is 0 Å². The van der Waals surface area contributed by atoms with Crippen LogP contribution in [0.2, 0.25) is 0 Å². The molecule has 1 fully saturated rings. The summed E-state index contributed by atoms with van der Waals surface area (Å²) >= 11 is 5.57. The topological polar surface area (TPSA) is 3.24 Å². The van der Waals surface area contributed by atoms with E-state index in [9.17, 15) is 0 Å². The zero-order valence-corrected chi connectivity index (χ0v) is 9.43. The highest BCUT2D eigenvalue weighted by Gasteiger charge is 2.20. The maximum Gasteiger partial charge on any atom is 0.0404 e. The zero-order chi connectivity index (χ0) is 9.68. The summed E-state index contributed by atoms with van der Waals surface area (Å²) < 4.78 is 0. The van der Waals surface area contributed by atoms with Gasteiger partial charge in [0, 0.05) is 25.5 Å². The molecule has 2 heteroatoms. The van der Waals surface area contributed by atoms with E-state index in [1.165, 1.54) is 19.5 Å². The van der Waals surface area contributed by atoms with Crippen LogP contribution in [-0.4, -0.2) is 30.4 Å². The van der Waals surface area contributed by atoms with Gasteiger partial charge >= 0.3 is 0 Å². The first kappa shape index (κ1) is 11.1. The van der Waals surface area contributed by atoms with Gasteiger partial charge in [-0.25, -0.2) is 0 Å². The van der Waals surface area contributed by atoms with Crippen LogP contribution in [0.3, 0.4) is 0 Å². The molecule has 0 saturated carbocycles. The van der Waals surface area contributed by atoms with E-state index in [-0.39, 0.29) is 0 Å². The predicted octanol–water partition coefficient (Wildman–Crippen LogP) is 2.76. The van der Waals surface area contributed by atoms with Crippen LogP contribution in [0.25, 0.3) is 0 Å². The van der Waals surface area contributed by atoms with Crippen molar-refractivity contribution in [1.29, 1.82) is 0 Å². The van der Waals surface area contributed by atoms with Gasteiger partial charge in [-0.1, -0.05) is 26.0 Å². The molecule has 1 nitrogen and oxygen atoms in total. The van der Waals surface area contributed by atoms with Crippen molar-refractivity contribution in [1.82, 2.24) is 4.90 Å². The van der Waals surface area contributed by atoms with E-state index >= 15 is 0 Å². The lowest BCUT2D eigenvalue weighted by Crippen LogP contribution is -2.38. The molecule has 1 saturated heterocycles. The van der Waals surface area contributed by atoms with E-state index in [1.54, 1.807) is 0 Å². The average Bonchev–Trinajstić information content (AvgIpc) is 2.03. The van der Waals surface area contributed by atoms with Crippen LogP contribution in [0.15, 0.2) is 12.2 Å². The van der Waals surface area contributed by atoms with Crippen LogP contribution in [0, 0.1) is 11.8 Å². The number of rotatable bonds is 3. The molecule has 1 aliphatic heterocycles. The molecule has 0 aromatic carbocycles. The Morgan fingerprint density at radius 1 is 1.23 bits per heavy atom. The van der Waals surface area contributed by atoms with Gasteiger partial charge in [0.1, 0.15) is 0 Å². The normalized spacial score (nSPS) is 31.3. The standard InChI is InChI=1S/C11H20ClN/c1-10-7-11(2)9-13(8-10)6-4-3-5-12/h3-4,10-11H,5-9H2,1-2H3/b4-3+. The Labute approximate surface area is 86.8 Å². The van der Waals surface area contributed by atoms with Crippen molar-refractivity contribution in [3.8, 4) is 0 Å². The van der Waals surface area contributed by atoms with E-state index in [0.29, 0.717) is 5.88 Å². The van der Waals surface area contributed by atoms with Crippen molar-refractivity contribution in [3.05, 3.63) is 12.2 Å². The number of alkyl halides is 1. The van der Waals surface area contributed by atoms with Gasteiger partial charge in [0.15, 0.2) is 0 Å². The molecule has 1 rings (SSSR count). The molecule has 0 spiro atoms. The fraction of sp³-hybridized carbons (Fsp3) is 0.818. The van der Waals surface area contributed by atoms with Crippen molar-refractivity contribution in [2.45, 2.75) is 20.3 Å². The van der Waals surface area contributed by atoms with Gasteiger partial charge < -0.3 is 0 Å². The first-order chi connectivity index (χ1) is 6.22. The van der Waals surface area contributed by atoms with Crippen LogP contribution in [0.1, 0.15) is 20.3 Å². The third-order valence-electron chi connectivity index (χ3n) is 2.56. The summed E-state index contributed by atoms with van der Waals surface area (Å²) in [5.41, 5.74) is 0. The Bertz CT molecular complexity index is 157. The van der Waals surface area contributed by atoms with E-state index in [4.69, 9.17) is 11.6 Å². The van der Waals surface area contributed by atoms with Gasteiger partial charge in [0.05, 0.1) is 0 Å². The maximum absolute atomic E-state index is 5.57.